The predicted octanol–water partition coefficient (Wildman–Crippen LogP) is 4.45. The molecule has 0 saturated carbocycles. The molecular weight excluding hydrogens is 404 g/mol. The van der Waals surface area contributed by atoms with Crippen LogP contribution in [0.5, 0.6) is 5.75 Å². The van der Waals surface area contributed by atoms with Crippen LogP contribution < -0.4 is 10.1 Å². The van der Waals surface area contributed by atoms with Gasteiger partial charge in [0.2, 0.25) is 5.28 Å². The fourth-order valence-corrected chi connectivity index (χ4v) is 3.24. The van der Waals surface area contributed by atoms with E-state index in [4.69, 9.17) is 16.3 Å². The summed E-state index contributed by atoms with van der Waals surface area (Å²) in [5.41, 5.74) is 0.326. The number of methoxy groups -OCH3 is 1. The quantitative estimate of drug-likeness (QED) is 0.359. The molecule has 0 radical (unpaired) electrons. The van der Waals surface area contributed by atoms with Crippen molar-refractivity contribution in [2.24, 2.45) is 0 Å². The van der Waals surface area contributed by atoms with E-state index < -0.39 is 10.8 Å². The number of nitro benzene ring substituents is 1. The van der Waals surface area contributed by atoms with Crippen LogP contribution in [0.3, 0.4) is 0 Å². The van der Waals surface area contributed by atoms with E-state index in [0.717, 1.165) is 0 Å². The smallest absolute Gasteiger partial charge is 0.269 e. The Morgan fingerprint density at radius 2 is 1.93 bits per heavy atom. The largest absolute Gasteiger partial charge is 0.496 e. The zero-order valence-corrected chi connectivity index (χ0v) is 16.0. The number of benzene rings is 2. The maximum atomic E-state index is 12.7. The normalized spacial score (nSPS) is 10.4. The predicted molar refractivity (Wildman–Crippen MR) is 105 cm³/mol. The van der Waals surface area contributed by atoms with Crippen molar-refractivity contribution >= 4 is 40.8 Å². The van der Waals surface area contributed by atoms with Gasteiger partial charge in [-0.3, -0.25) is 14.9 Å². The van der Waals surface area contributed by atoms with Crippen LogP contribution in [-0.4, -0.2) is 27.9 Å². The van der Waals surface area contributed by atoms with E-state index in [1.165, 1.54) is 37.2 Å². The molecule has 0 bridgehead atoms. The van der Waals surface area contributed by atoms with Crippen molar-refractivity contribution in [3.8, 4) is 5.75 Å². The van der Waals surface area contributed by atoms with Crippen molar-refractivity contribution < 1.29 is 14.5 Å². The number of hydrogen-bond acceptors (Lipinski definition) is 7. The zero-order chi connectivity index (χ0) is 20.1. The number of anilines is 1. The average Bonchev–Trinajstić information content (AvgIpc) is 2.70. The highest BCUT2D eigenvalue weighted by molar-refractivity contribution is 7.99. The van der Waals surface area contributed by atoms with Crippen molar-refractivity contribution in [1.82, 2.24) is 9.97 Å². The summed E-state index contributed by atoms with van der Waals surface area (Å²) in [6, 6.07) is 12.8. The number of nitrogens with zero attached hydrogens (tertiary/aromatic N) is 3. The van der Waals surface area contributed by atoms with E-state index in [9.17, 15) is 14.9 Å². The molecule has 0 aliphatic heterocycles. The third kappa shape index (κ3) is 4.56. The minimum absolute atomic E-state index is 0.0126. The Morgan fingerprint density at radius 1 is 1.21 bits per heavy atom. The molecule has 0 aliphatic carbocycles. The van der Waals surface area contributed by atoms with Gasteiger partial charge in [0.15, 0.2) is 5.82 Å². The lowest BCUT2D eigenvalue weighted by molar-refractivity contribution is -0.384. The Bertz CT molecular complexity index is 1030. The Labute approximate surface area is 169 Å². The molecule has 142 valence electrons. The fourth-order valence-electron chi connectivity index (χ4n) is 2.28. The second-order valence-corrected chi connectivity index (χ2v) is 6.81. The summed E-state index contributed by atoms with van der Waals surface area (Å²) in [4.78, 5) is 32.2. The van der Waals surface area contributed by atoms with E-state index in [1.807, 2.05) is 0 Å². The highest BCUT2D eigenvalue weighted by atomic mass is 35.5. The molecule has 28 heavy (non-hydrogen) atoms. The maximum Gasteiger partial charge on any atom is 0.269 e. The molecule has 1 amide bonds. The molecule has 3 rings (SSSR count). The molecule has 1 heterocycles. The van der Waals surface area contributed by atoms with Crippen molar-refractivity contribution in [2.75, 3.05) is 12.4 Å². The average molecular weight is 417 g/mol. The second kappa shape index (κ2) is 8.68. The first-order chi connectivity index (χ1) is 13.5. The number of aromatic nitrogens is 2. The molecule has 0 atom stereocenters. The summed E-state index contributed by atoms with van der Waals surface area (Å²) in [7, 11) is 1.48. The number of non-ortho nitro benzene ring substituents is 1. The Morgan fingerprint density at radius 3 is 2.61 bits per heavy atom. The summed E-state index contributed by atoms with van der Waals surface area (Å²) in [5.74, 6) is 0.224. The number of hydrogen-bond donors (Lipinski definition) is 1. The van der Waals surface area contributed by atoms with E-state index >= 15 is 0 Å². The van der Waals surface area contributed by atoms with Crippen molar-refractivity contribution in [3.63, 3.8) is 0 Å². The maximum absolute atomic E-state index is 12.7. The second-order valence-electron chi connectivity index (χ2n) is 5.36. The first kappa shape index (κ1) is 19.6. The lowest BCUT2D eigenvalue weighted by Gasteiger charge is -2.11. The molecule has 0 unspecified atom stereocenters. The van der Waals surface area contributed by atoms with Crippen LogP contribution in [0.1, 0.15) is 10.4 Å². The van der Waals surface area contributed by atoms with Gasteiger partial charge in [-0.1, -0.05) is 23.9 Å². The van der Waals surface area contributed by atoms with Gasteiger partial charge in [-0.05, 0) is 35.9 Å². The van der Waals surface area contributed by atoms with Gasteiger partial charge in [-0.2, -0.15) is 4.98 Å². The van der Waals surface area contributed by atoms with Gasteiger partial charge < -0.3 is 10.1 Å². The van der Waals surface area contributed by atoms with Gasteiger partial charge in [0.25, 0.3) is 11.6 Å². The Hall–Kier alpha value is -3.17. The van der Waals surface area contributed by atoms with E-state index in [-0.39, 0.29) is 16.8 Å². The molecule has 0 aliphatic rings. The number of ether oxygens (including phenoxy) is 1. The van der Waals surface area contributed by atoms with Crippen LogP contribution >= 0.6 is 23.4 Å². The summed E-state index contributed by atoms with van der Waals surface area (Å²) in [5, 5.41) is 13.5. The summed E-state index contributed by atoms with van der Waals surface area (Å²) in [6.45, 7) is 0. The molecule has 0 saturated heterocycles. The highest BCUT2D eigenvalue weighted by Gasteiger charge is 2.16. The first-order valence-corrected chi connectivity index (χ1v) is 9.06. The summed E-state index contributed by atoms with van der Waals surface area (Å²) < 4.78 is 5.20. The number of amides is 1. The van der Waals surface area contributed by atoms with Crippen LogP contribution in [0.4, 0.5) is 11.5 Å². The molecule has 0 spiro atoms. The fraction of sp³-hybridized carbons (Fsp3) is 0.0556. The number of nitro groups is 1. The van der Waals surface area contributed by atoms with E-state index in [2.05, 4.69) is 15.3 Å². The molecule has 1 aromatic heterocycles. The third-order valence-corrected chi connectivity index (χ3v) is 4.79. The molecular formula is C18H13ClN4O4S. The van der Waals surface area contributed by atoms with Gasteiger partial charge in [0, 0.05) is 23.2 Å². The number of carbonyl (C=O) groups is 1. The van der Waals surface area contributed by atoms with Crippen LogP contribution in [0.25, 0.3) is 0 Å². The topological polar surface area (TPSA) is 107 Å². The molecule has 2 aromatic carbocycles. The monoisotopic (exact) mass is 416 g/mol. The molecule has 3 aromatic rings. The lowest BCUT2D eigenvalue weighted by atomic mass is 10.2. The van der Waals surface area contributed by atoms with Gasteiger partial charge in [0.1, 0.15) is 5.75 Å². The minimum Gasteiger partial charge on any atom is -0.496 e. The van der Waals surface area contributed by atoms with Crippen LogP contribution in [0.2, 0.25) is 5.28 Å². The zero-order valence-electron chi connectivity index (χ0n) is 14.5. The number of rotatable bonds is 6. The number of nitrogens with one attached hydrogen (secondary N) is 1. The van der Waals surface area contributed by atoms with Crippen molar-refractivity contribution in [3.05, 3.63) is 75.7 Å². The Kier molecular flexibility index (Phi) is 6.07. The standard InChI is InChI=1S/C18H13ClN4O4S/c1-27-14-5-3-2-4-13(14)17(24)21-16-15(10-20-18(19)22-16)28-12-8-6-11(7-9-12)23(25)26/h2-10H,1H3,(H,20,21,22,24). The number of para-hydroxylation sites is 1. The molecule has 1 N–H and O–H groups in total. The minimum atomic E-state index is -0.473. The first-order valence-electron chi connectivity index (χ1n) is 7.87. The van der Waals surface area contributed by atoms with Gasteiger partial charge >= 0.3 is 0 Å². The molecule has 8 nitrogen and oxygen atoms in total. The lowest BCUT2D eigenvalue weighted by Crippen LogP contribution is -2.15. The van der Waals surface area contributed by atoms with Crippen LogP contribution in [0, 0.1) is 10.1 Å². The molecule has 10 heteroatoms. The van der Waals surface area contributed by atoms with E-state index in [0.29, 0.717) is 21.1 Å². The third-order valence-electron chi connectivity index (χ3n) is 3.58. The van der Waals surface area contributed by atoms with Gasteiger partial charge in [-0.25, -0.2) is 4.98 Å². The highest BCUT2D eigenvalue weighted by Crippen LogP contribution is 2.33. The van der Waals surface area contributed by atoms with E-state index in [1.54, 1.807) is 36.4 Å². The van der Waals surface area contributed by atoms with Crippen molar-refractivity contribution in [2.45, 2.75) is 9.79 Å². The number of halogens is 1. The summed E-state index contributed by atoms with van der Waals surface area (Å²) >= 11 is 7.12. The van der Waals surface area contributed by atoms with Crippen LogP contribution in [-0.2, 0) is 0 Å². The van der Waals surface area contributed by atoms with Gasteiger partial charge in [-0.15, -0.1) is 0 Å². The molecule has 0 fully saturated rings. The van der Waals surface area contributed by atoms with Crippen LogP contribution in [0.15, 0.2) is 64.5 Å². The van der Waals surface area contributed by atoms with Gasteiger partial charge in [0.05, 0.1) is 22.5 Å². The number of carbonyl (C=O) groups excluding carboxylic acids is 1. The van der Waals surface area contributed by atoms with Crippen molar-refractivity contribution in [1.29, 1.82) is 0 Å². The Balaban J connectivity index is 1.86. The SMILES string of the molecule is COc1ccccc1C(=O)Nc1nc(Cl)ncc1Sc1ccc([N+](=O)[O-])cc1. The summed E-state index contributed by atoms with van der Waals surface area (Å²) in [6.07, 6.45) is 1.47.